The molecule has 0 atom stereocenters. The molecule has 1 aromatic heterocycles. The molecule has 0 aliphatic heterocycles. The molecule has 2 rings (SSSR count). The van der Waals surface area contributed by atoms with E-state index in [4.69, 9.17) is 9.52 Å². The first-order valence-electron chi connectivity index (χ1n) is 4.26. The van der Waals surface area contributed by atoms with Gasteiger partial charge in [0, 0.05) is 9.13 Å². The summed E-state index contributed by atoms with van der Waals surface area (Å²) in [5.41, 5.74) is 1.10. The maximum atomic E-state index is 10.9. The number of carboxylic acids is 1. The van der Waals surface area contributed by atoms with Crippen LogP contribution >= 0.6 is 22.6 Å². The van der Waals surface area contributed by atoms with E-state index in [2.05, 4.69) is 0 Å². The van der Waals surface area contributed by atoms with Gasteiger partial charge in [-0.25, -0.2) is 4.79 Å². The number of rotatable bonds is 2. The maximum absolute atomic E-state index is 10.9. The fourth-order valence-electron chi connectivity index (χ4n) is 1.32. The third-order valence-corrected chi connectivity index (χ3v) is 3.18. The molecule has 0 saturated heterocycles. The second-order valence-electron chi connectivity index (χ2n) is 2.95. The number of hydrogen-bond donors (Lipinski definition) is 1. The highest BCUT2D eigenvalue weighted by Gasteiger charge is 2.13. The molecule has 15 heavy (non-hydrogen) atoms. The van der Waals surface area contributed by atoms with E-state index in [0.29, 0.717) is 14.9 Å². The van der Waals surface area contributed by atoms with Crippen molar-refractivity contribution in [3.63, 3.8) is 0 Å². The topological polar surface area (TPSA) is 50.4 Å². The summed E-state index contributed by atoms with van der Waals surface area (Å²) in [7, 11) is 0. The van der Waals surface area contributed by atoms with E-state index in [1.54, 1.807) is 24.5 Å². The predicted molar refractivity (Wildman–Crippen MR) is 63.8 cm³/mol. The van der Waals surface area contributed by atoms with Crippen LogP contribution in [0.5, 0.6) is 0 Å². The third kappa shape index (κ3) is 1.90. The zero-order chi connectivity index (χ0) is 10.8. The first kappa shape index (κ1) is 10.2. The molecule has 0 bridgehead atoms. The number of benzene rings is 1. The van der Waals surface area contributed by atoms with Crippen molar-refractivity contribution in [1.82, 2.24) is 0 Å². The lowest BCUT2D eigenvalue weighted by Crippen LogP contribution is -2.00. The highest BCUT2D eigenvalue weighted by atomic mass is 127. The largest absolute Gasteiger partial charge is 0.478 e. The molecule has 1 N–H and O–H groups in total. The van der Waals surface area contributed by atoms with E-state index >= 15 is 0 Å². The molecule has 0 unspecified atom stereocenters. The van der Waals surface area contributed by atoms with Crippen molar-refractivity contribution in [2.24, 2.45) is 0 Å². The van der Waals surface area contributed by atoms with Gasteiger partial charge in [-0.3, -0.25) is 0 Å². The molecule has 3 nitrogen and oxygen atoms in total. The van der Waals surface area contributed by atoms with Crippen LogP contribution in [0.25, 0.3) is 11.3 Å². The standard InChI is InChI=1S/C11H7IO3/c12-10-7(9-5-2-6-15-9)3-1-4-8(10)11(13)14/h1-6H,(H,13,14). The van der Waals surface area contributed by atoms with E-state index in [1.807, 2.05) is 34.7 Å². The van der Waals surface area contributed by atoms with Gasteiger partial charge in [0.2, 0.25) is 0 Å². The van der Waals surface area contributed by atoms with Crippen LogP contribution < -0.4 is 0 Å². The van der Waals surface area contributed by atoms with Crippen LogP contribution in [0, 0.1) is 3.57 Å². The van der Waals surface area contributed by atoms with Gasteiger partial charge in [0.1, 0.15) is 5.76 Å². The number of aromatic carboxylic acids is 1. The van der Waals surface area contributed by atoms with Crippen LogP contribution in [0.15, 0.2) is 41.0 Å². The Hall–Kier alpha value is -1.30. The Bertz CT molecular complexity index is 489. The summed E-state index contributed by atoms with van der Waals surface area (Å²) in [5.74, 6) is -0.240. The van der Waals surface area contributed by atoms with E-state index in [9.17, 15) is 4.79 Å². The Kier molecular flexibility index (Phi) is 2.77. The van der Waals surface area contributed by atoms with Crippen LogP contribution in [-0.2, 0) is 0 Å². The van der Waals surface area contributed by atoms with Crippen LogP contribution in [0.3, 0.4) is 0 Å². The summed E-state index contributed by atoms with van der Waals surface area (Å²) in [5, 5.41) is 8.95. The molecule has 1 aromatic carbocycles. The monoisotopic (exact) mass is 314 g/mol. The first-order chi connectivity index (χ1) is 7.20. The van der Waals surface area contributed by atoms with Crippen molar-refractivity contribution >= 4 is 28.6 Å². The highest BCUT2D eigenvalue weighted by molar-refractivity contribution is 14.1. The van der Waals surface area contributed by atoms with Gasteiger partial charge in [-0.15, -0.1) is 0 Å². The molecule has 0 amide bonds. The van der Waals surface area contributed by atoms with Crippen molar-refractivity contribution < 1.29 is 14.3 Å². The number of carboxylic acid groups (broad SMARTS) is 1. The van der Waals surface area contributed by atoms with Gasteiger partial charge in [-0.2, -0.15) is 0 Å². The Morgan fingerprint density at radius 2 is 2.07 bits per heavy atom. The lowest BCUT2D eigenvalue weighted by molar-refractivity contribution is 0.0696. The average Bonchev–Trinajstić information content (AvgIpc) is 2.70. The Balaban J connectivity index is 2.59. The average molecular weight is 314 g/mol. The summed E-state index contributed by atoms with van der Waals surface area (Å²) in [4.78, 5) is 10.9. The quantitative estimate of drug-likeness (QED) is 0.866. The molecule has 0 aliphatic rings. The lowest BCUT2D eigenvalue weighted by atomic mass is 10.1. The van der Waals surface area contributed by atoms with Crippen molar-refractivity contribution in [2.45, 2.75) is 0 Å². The molecule has 0 saturated carbocycles. The van der Waals surface area contributed by atoms with Crippen molar-refractivity contribution in [3.8, 4) is 11.3 Å². The van der Waals surface area contributed by atoms with Crippen LogP contribution in [-0.4, -0.2) is 11.1 Å². The smallest absolute Gasteiger partial charge is 0.336 e. The van der Waals surface area contributed by atoms with Gasteiger partial charge < -0.3 is 9.52 Å². The second-order valence-corrected chi connectivity index (χ2v) is 4.03. The molecule has 2 aromatic rings. The summed E-state index contributed by atoms with van der Waals surface area (Å²) < 4.78 is 5.93. The molecule has 76 valence electrons. The Labute approximate surface area is 99.9 Å². The zero-order valence-corrected chi connectivity index (χ0v) is 9.76. The van der Waals surface area contributed by atoms with Crippen LogP contribution in [0.4, 0.5) is 0 Å². The van der Waals surface area contributed by atoms with Gasteiger partial charge in [0.25, 0.3) is 0 Å². The minimum absolute atomic E-state index is 0.296. The summed E-state index contributed by atoms with van der Waals surface area (Å²) in [6.45, 7) is 0. The molecular weight excluding hydrogens is 307 g/mol. The highest BCUT2D eigenvalue weighted by Crippen LogP contribution is 2.27. The van der Waals surface area contributed by atoms with E-state index in [1.165, 1.54) is 0 Å². The SMILES string of the molecule is O=C(O)c1cccc(-c2ccco2)c1I. The normalized spacial score (nSPS) is 10.2. The van der Waals surface area contributed by atoms with Crippen molar-refractivity contribution in [1.29, 1.82) is 0 Å². The molecule has 0 aliphatic carbocycles. The number of hydrogen-bond acceptors (Lipinski definition) is 2. The van der Waals surface area contributed by atoms with Crippen molar-refractivity contribution in [3.05, 3.63) is 45.7 Å². The van der Waals surface area contributed by atoms with Gasteiger partial charge in [-0.1, -0.05) is 12.1 Å². The Morgan fingerprint density at radius 3 is 2.67 bits per heavy atom. The van der Waals surface area contributed by atoms with Gasteiger partial charge in [-0.05, 0) is 40.8 Å². The van der Waals surface area contributed by atoms with E-state index in [0.717, 1.165) is 5.56 Å². The van der Waals surface area contributed by atoms with Gasteiger partial charge >= 0.3 is 5.97 Å². The summed E-state index contributed by atoms with van der Waals surface area (Å²) in [6, 6.07) is 8.72. The number of halogens is 1. The van der Waals surface area contributed by atoms with E-state index < -0.39 is 5.97 Å². The molecule has 0 fully saturated rings. The number of furan rings is 1. The van der Waals surface area contributed by atoms with Crippen molar-refractivity contribution in [2.75, 3.05) is 0 Å². The molecule has 0 spiro atoms. The Morgan fingerprint density at radius 1 is 1.27 bits per heavy atom. The summed E-state index contributed by atoms with van der Waals surface area (Å²) in [6.07, 6.45) is 1.57. The second kappa shape index (κ2) is 4.06. The van der Waals surface area contributed by atoms with Crippen LogP contribution in [0.1, 0.15) is 10.4 Å². The van der Waals surface area contributed by atoms with Gasteiger partial charge in [0.05, 0.1) is 11.8 Å². The predicted octanol–water partition coefficient (Wildman–Crippen LogP) is 3.25. The van der Waals surface area contributed by atoms with E-state index in [-0.39, 0.29) is 0 Å². The first-order valence-corrected chi connectivity index (χ1v) is 5.33. The summed E-state index contributed by atoms with van der Waals surface area (Å²) >= 11 is 2.02. The fourth-order valence-corrected chi connectivity index (χ4v) is 2.18. The molecule has 0 radical (unpaired) electrons. The third-order valence-electron chi connectivity index (χ3n) is 2.02. The molecule has 1 heterocycles. The molecular formula is C11H7IO3. The zero-order valence-electron chi connectivity index (χ0n) is 7.61. The maximum Gasteiger partial charge on any atom is 0.336 e. The fraction of sp³-hybridized carbons (Fsp3) is 0. The minimum atomic E-state index is -0.923. The minimum Gasteiger partial charge on any atom is -0.478 e. The lowest BCUT2D eigenvalue weighted by Gasteiger charge is -2.03. The molecule has 4 heteroatoms. The van der Waals surface area contributed by atoms with Gasteiger partial charge in [0.15, 0.2) is 0 Å². The van der Waals surface area contributed by atoms with Crippen LogP contribution in [0.2, 0.25) is 0 Å². The number of carbonyl (C=O) groups is 1.